The van der Waals surface area contributed by atoms with E-state index in [1.807, 2.05) is 20.0 Å². The molecule has 5 aromatic rings. The van der Waals surface area contributed by atoms with Crippen molar-refractivity contribution in [2.45, 2.75) is 12.5 Å². The highest BCUT2D eigenvalue weighted by molar-refractivity contribution is 7.13. The predicted molar refractivity (Wildman–Crippen MR) is 132 cm³/mol. The van der Waals surface area contributed by atoms with Gasteiger partial charge in [-0.1, -0.05) is 23.7 Å². The predicted octanol–water partition coefficient (Wildman–Crippen LogP) is 4.64. The van der Waals surface area contributed by atoms with Crippen LogP contribution >= 0.6 is 22.9 Å². The Balaban J connectivity index is 1.83. The number of fused-ring (bicyclic) bond motifs is 1. The normalized spacial score (nSPS) is 13.4. The van der Waals surface area contributed by atoms with Crippen LogP contribution in [0.25, 0.3) is 21.5 Å². The van der Waals surface area contributed by atoms with Crippen LogP contribution in [0.2, 0.25) is 5.02 Å². The van der Waals surface area contributed by atoms with Crippen LogP contribution in [0.4, 0.5) is 0 Å². The van der Waals surface area contributed by atoms with Gasteiger partial charge < -0.3 is 9.67 Å². The van der Waals surface area contributed by atoms with Gasteiger partial charge in [-0.05, 0) is 47.7 Å². The molecule has 166 valence electrons. The standard InChI is InChI=1S/C25H21ClN4O2S/c1-15-8-21(33-13-15)19-10-23(31)30(3)24-20(19)9-17(11-28-24)25(32,22-12-27-14-29(22)2)16-4-6-18(26)7-5-16/h4-14,32H,1-3H3/t25-/m1/s1. The lowest BCUT2D eigenvalue weighted by atomic mass is 9.84. The molecule has 1 N–H and O–H groups in total. The van der Waals surface area contributed by atoms with Crippen molar-refractivity contribution in [2.24, 2.45) is 14.1 Å². The molecule has 0 amide bonds. The summed E-state index contributed by atoms with van der Waals surface area (Å²) in [6.07, 6.45) is 4.91. The second-order valence-corrected chi connectivity index (χ2v) is 9.49. The molecule has 0 spiro atoms. The van der Waals surface area contributed by atoms with E-state index in [1.165, 1.54) is 4.57 Å². The van der Waals surface area contributed by atoms with Gasteiger partial charge in [0.25, 0.3) is 5.56 Å². The maximum absolute atomic E-state index is 12.7. The SMILES string of the molecule is Cc1csc(-c2cc(=O)n(C)c3ncc([C@](O)(c4ccc(Cl)cc4)c4cncn4C)cc23)c1. The summed E-state index contributed by atoms with van der Waals surface area (Å²) >= 11 is 7.70. The Morgan fingerprint density at radius 1 is 1.06 bits per heavy atom. The number of aryl methyl sites for hydroxylation is 3. The summed E-state index contributed by atoms with van der Waals surface area (Å²) in [5.74, 6) is 0. The molecule has 0 radical (unpaired) electrons. The number of thiophene rings is 1. The zero-order valence-corrected chi connectivity index (χ0v) is 19.9. The molecule has 4 heterocycles. The van der Waals surface area contributed by atoms with Crippen LogP contribution in [-0.4, -0.2) is 24.2 Å². The Morgan fingerprint density at radius 3 is 2.45 bits per heavy atom. The molecule has 0 fully saturated rings. The highest BCUT2D eigenvalue weighted by Crippen LogP contribution is 2.39. The van der Waals surface area contributed by atoms with Crippen LogP contribution in [0.1, 0.15) is 22.4 Å². The van der Waals surface area contributed by atoms with Crippen LogP contribution in [0, 0.1) is 6.92 Å². The van der Waals surface area contributed by atoms with E-state index in [0.717, 1.165) is 21.4 Å². The molecule has 8 heteroatoms. The molecule has 33 heavy (non-hydrogen) atoms. The summed E-state index contributed by atoms with van der Waals surface area (Å²) in [7, 11) is 3.54. The van der Waals surface area contributed by atoms with Crippen LogP contribution in [0.5, 0.6) is 0 Å². The Labute approximate surface area is 199 Å². The zero-order chi connectivity index (χ0) is 23.3. The van der Waals surface area contributed by atoms with Crippen molar-refractivity contribution in [2.75, 3.05) is 0 Å². The average molecular weight is 477 g/mol. The maximum atomic E-state index is 12.7. The fraction of sp³-hybridized carbons (Fsp3) is 0.160. The van der Waals surface area contributed by atoms with Crippen molar-refractivity contribution >= 4 is 34.0 Å². The van der Waals surface area contributed by atoms with Crippen molar-refractivity contribution in [1.29, 1.82) is 0 Å². The molecule has 1 aromatic carbocycles. The van der Waals surface area contributed by atoms with Gasteiger partial charge in [0.2, 0.25) is 0 Å². The molecule has 0 unspecified atom stereocenters. The highest BCUT2D eigenvalue weighted by Gasteiger charge is 2.37. The Morgan fingerprint density at radius 2 is 1.82 bits per heavy atom. The number of nitrogens with zero attached hydrogens (tertiary/aromatic N) is 4. The van der Waals surface area contributed by atoms with Gasteiger partial charge in [0.05, 0.1) is 18.2 Å². The number of aliphatic hydroxyl groups is 1. The first-order valence-corrected chi connectivity index (χ1v) is 11.6. The largest absolute Gasteiger partial charge is 0.374 e. The molecule has 4 aromatic heterocycles. The second-order valence-electron chi connectivity index (χ2n) is 8.15. The van der Waals surface area contributed by atoms with E-state index in [2.05, 4.69) is 21.4 Å². The number of rotatable bonds is 4. The van der Waals surface area contributed by atoms with Crippen LogP contribution in [0.3, 0.4) is 0 Å². The van der Waals surface area contributed by atoms with Crippen LogP contribution in [0.15, 0.2) is 71.4 Å². The quantitative estimate of drug-likeness (QED) is 0.410. The molecular formula is C25H21ClN4O2S. The monoisotopic (exact) mass is 476 g/mol. The van der Waals surface area contributed by atoms with Gasteiger partial charge in [-0.25, -0.2) is 9.97 Å². The lowest BCUT2D eigenvalue weighted by Gasteiger charge is -2.30. The second kappa shape index (κ2) is 7.95. The zero-order valence-electron chi connectivity index (χ0n) is 18.3. The van der Waals surface area contributed by atoms with Gasteiger partial charge >= 0.3 is 0 Å². The van der Waals surface area contributed by atoms with Crippen molar-refractivity contribution in [3.05, 3.63) is 104 Å². The summed E-state index contributed by atoms with van der Waals surface area (Å²) in [6, 6.07) is 12.7. The number of benzene rings is 1. The number of halogens is 1. The van der Waals surface area contributed by atoms with Crippen LogP contribution < -0.4 is 5.56 Å². The molecule has 0 aliphatic rings. The van der Waals surface area contributed by atoms with Gasteiger partial charge in [-0.15, -0.1) is 11.3 Å². The minimum Gasteiger partial charge on any atom is -0.374 e. The topological polar surface area (TPSA) is 72.9 Å². The van der Waals surface area contributed by atoms with E-state index in [0.29, 0.717) is 27.5 Å². The van der Waals surface area contributed by atoms with Crippen molar-refractivity contribution in [3.8, 4) is 10.4 Å². The number of hydrogen-bond acceptors (Lipinski definition) is 5. The lowest BCUT2D eigenvalue weighted by Crippen LogP contribution is -2.31. The van der Waals surface area contributed by atoms with Crippen molar-refractivity contribution in [3.63, 3.8) is 0 Å². The van der Waals surface area contributed by atoms with E-state index < -0.39 is 5.60 Å². The summed E-state index contributed by atoms with van der Waals surface area (Å²) < 4.78 is 3.30. The number of pyridine rings is 2. The molecule has 0 bridgehead atoms. The number of imidazole rings is 1. The number of hydrogen-bond donors (Lipinski definition) is 1. The first kappa shape index (κ1) is 21.6. The lowest BCUT2D eigenvalue weighted by molar-refractivity contribution is 0.117. The van der Waals surface area contributed by atoms with Crippen molar-refractivity contribution in [1.82, 2.24) is 19.1 Å². The Kier molecular flexibility index (Phi) is 5.20. The third kappa shape index (κ3) is 3.49. The fourth-order valence-electron chi connectivity index (χ4n) is 4.16. The summed E-state index contributed by atoms with van der Waals surface area (Å²) in [4.78, 5) is 22.5. The molecule has 0 aliphatic carbocycles. The average Bonchev–Trinajstić information content (AvgIpc) is 3.44. The summed E-state index contributed by atoms with van der Waals surface area (Å²) in [6.45, 7) is 2.02. The molecule has 0 saturated heterocycles. The third-order valence-corrected chi connectivity index (χ3v) is 7.27. The molecule has 5 rings (SSSR count). The van der Waals surface area contributed by atoms with E-state index in [4.69, 9.17) is 11.6 Å². The fourth-order valence-corrected chi connectivity index (χ4v) is 5.22. The smallest absolute Gasteiger partial charge is 0.252 e. The molecule has 6 nitrogen and oxygen atoms in total. The van der Waals surface area contributed by atoms with Crippen molar-refractivity contribution < 1.29 is 5.11 Å². The minimum atomic E-state index is -1.53. The van der Waals surface area contributed by atoms with Gasteiger partial charge in [-0.3, -0.25) is 9.36 Å². The van der Waals surface area contributed by atoms with E-state index >= 15 is 0 Å². The van der Waals surface area contributed by atoms with Gasteiger partial charge in [0.1, 0.15) is 5.65 Å². The van der Waals surface area contributed by atoms with Gasteiger partial charge in [0, 0.05) is 52.8 Å². The van der Waals surface area contributed by atoms with Gasteiger partial charge in [0.15, 0.2) is 5.60 Å². The first-order chi connectivity index (χ1) is 15.8. The first-order valence-electron chi connectivity index (χ1n) is 10.3. The van der Waals surface area contributed by atoms with Gasteiger partial charge in [-0.2, -0.15) is 0 Å². The highest BCUT2D eigenvalue weighted by atomic mass is 35.5. The third-order valence-electron chi connectivity index (χ3n) is 5.94. The maximum Gasteiger partial charge on any atom is 0.252 e. The van der Waals surface area contributed by atoms with Crippen LogP contribution in [-0.2, 0) is 19.7 Å². The Hall–Kier alpha value is -3.26. The van der Waals surface area contributed by atoms with E-state index in [1.54, 1.807) is 72.0 Å². The Bertz CT molecular complexity index is 1550. The molecule has 0 aliphatic heterocycles. The summed E-state index contributed by atoms with van der Waals surface area (Å²) in [5.41, 5.74) is 2.59. The molecule has 1 atom stereocenters. The molecular weight excluding hydrogens is 456 g/mol. The number of aromatic nitrogens is 4. The minimum absolute atomic E-state index is 0.136. The molecule has 0 saturated carbocycles. The van der Waals surface area contributed by atoms with E-state index in [9.17, 15) is 9.90 Å². The van der Waals surface area contributed by atoms with E-state index in [-0.39, 0.29) is 5.56 Å². The summed E-state index contributed by atoms with van der Waals surface area (Å²) in [5, 5.41) is 15.6.